The van der Waals surface area contributed by atoms with Crippen molar-refractivity contribution in [3.63, 3.8) is 0 Å². The summed E-state index contributed by atoms with van der Waals surface area (Å²) >= 11 is 0. The molecule has 0 radical (unpaired) electrons. The van der Waals surface area contributed by atoms with Crippen molar-refractivity contribution in [3.8, 4) is 0 Å². The van der Waals surface area contributed by atoms with Crippen LogP contribution in [0.5, 0.6) is 0 Å². The molecule has 1 aliphatic carbocycles. The van der Waals surface area contributed by atoms with Crippen LogP contribution in [0.3, 0.4) is 0 Å². The largest absolute Gasteiger partial charge is 0.316 e. The van der Waals surface area contributed by atoms with Gasteiger partial charge in [-0.25, -0.2) is 0 Å². The van der Waals surface area contributed by atoms with Crippen LogP contribution in [0, 0.1) is 16.7 Å². The molecule has 1 N–H and O–H groups in total. The van der Waals surface area contributed by atoms with Gasteiger partial charge in [-0.3, -0.25) is 0 Å². The van der Waals surface area contributed by atoms with E-state index in [0.29, 0.717) is 10.8 Å². The summed E-state index contributed by atoms with van der Waals surface area (Å²) in [6, 6.07) is 0. The molecule has 80 valence electrons. The van der Waals surface area contributed by atoms with E-state index in [4.69, 9.17) is 0 Å². The predicted octanol–water partition coefficient (Wildman–Crippen LogP) is 2.98. The summed E-state index contributed by atoms with van der Waals surface area (Å²) in [5, 5.41) is 3.49. The molecule has 0 aromatic heterocycles. The van der Waals surface area contributed by atoms with Crippen molar-refractivity contribution in [3.05, 3.63) is 12.2 Å². The monoisotopic (exact) mass is 193 g/mol. The summed E-state index contributed by atoms with van der Waals surface area (Å²) in [6.07, 6.45) is 9.10. The fourth-order valence-electron chi connectivity index (χ4n) is 2.78. The summed E-state index contributed by atoms with van der Waals surface area (Å²) in [5.74, 6) is 0.786. The van der Waals surface area contributed by atoms with Gasteiger partial charge in [0.05, 0.1) is 0 Å². The quantitative estimate of drug-likeness (QED) is 0.583. The minimum atomic E-state index is 0.449. The van der Waals surface area contributed by atoms with Crippen LogP contribution in [0.4, 0.5) is 0 Å². The molecular formula is C13H23N. The summed E-state index contributed by atoms with van der Waals surface area (Å²) < 4.78 is 0. The lowest BCUT2D eigenvalue weighted by Gasteiger charge is -2.37. The Balaban J connectivity index is 2.06. The Labute approximate surface area is 88.0 Å². The molecule has 1 fully saturated rings. The highest BCUT2D eigenvalue weighted by molar-refractivity contribution is 5.11. The van der Waals surface area contributed by atoms with Crippen molar-refractivity contribution < 1.29 is 0 Å². The van der Waals surface area contributed by atoms with E-state index in [0.717, 1.165) is 5.92 Å². The molecule has 1 heterocycles. The van der Waals surface area contributed by atoms with Crippen LogP contribution in [0.2, 0.25) is 0 Å². The van der Waals surface area contributed by atoms with Gasteiger partial charge in [0.1, 0.15) is 0 Å². The third kappa shape index (κ3) is 1.88. The van der Waals surface area contributed by atoms with E-state index in [1.54, 1.807) is 0 Å². The van der Waals surface area contributed by atoms with Gasteiger partial charge in [0, 0.05) is 12.0 Å². The zero-order valence-corrected chi connectivity index (χ0v) is 9.77. The third-order valence-corrected chi connectivity index (χ3v) is 4.02. The van der Waals surface area contributed by atoms with Gasteiger partial charge in [0.25, 0.3) is 0 Å². The molecule has 1 spiro atoms. The van der Waals surface area contributed by atoms with E-state index in [1.165, 1.54) is 32.4 Å². The van der Waals surface area contributed by atoms with Gasteiger partial charge in [-0.05, 0) is 37.1 Å². The average molecular weight is 193 g/mol. The number of rotatable bonds is 0. The molecule has 14 heavy (non-hydrogen) atoms. The summed E-state index contributed by atoms with van der Waals surface area (Å²) in [4.78, 5) is 0. The summed E-state index contributed by atoms with van der Waals surface area (Å²) in [6.45, 7) is 9.48. The van der Waals surface area contributed by atoms with E-state index in [-0.39, 0.29) is 0 Å². The van der Waals surface area contributed by atoms with E-state index >= 15 is 0 Å². The molecule has 0 bridgehead atoms. The van der Waals surface area contributed by atoms with Crippen LogP contribution in [-0.4, -0.2) is 13.1 Å². The van der Waals surface area contributed by atoms with Gasteiger partial charge in [0.2, 0.25) is 0 Å². The standard InChI is InChI=1S/C13H23N/c1-12(2,3)11-4-6-13(7-5-11)8-9-14-10-13/h4,6,11,14H,5,7-10H2,1-3H3. The molecule has 1 saturated heterocycles. The predicted molar refractivity (Wildman–Crippen MR) is 61.2 cm³/mol. The first-order valence-electron chi connectivity index (χ1n) is 5.92. The van der Waals surface area contributed by atoms with Gasteiger partial charge in [-0.15, -0.1) is 0 Å². The second kappa shape index (κ2) is 3.37. The number of allylic oxidation sites excluding steroid dienone is 1. The molecule has 1 heteroatoms. The second-order valence-electron chi connectivity index (χ2n) is 6.16. The highest BCUT2D eigenvalue weighted by Gasteiger charge is 2.36. The van der Waals surface area contributed by atoms with Gasteiger partial charge < -0.3 is 5.32 Å². The molecule has 0 amide bonds. The Hall–Kier alpha value is -0.300. The Morgan fingerprint density at radius 3 is 2.50 bits per heavy atom. The van der Waals surface area contributed by atoms with Crippen LogP contribution >= 0.6 is 0 Å². The molecular weight excluding hydrogens is 170 g/mol. The van der Waals surface area contributed by atoms with Crippen molar-refractivity contribution in [2.75, 3.05) is 13.1 Å². The molecule has 0 aromatic rings. The zero-order valence-electron chi connectivity index (χ0n) is 9.77. The smallest absolute Gasteiger partial charge is 0.00430 e. The second-order valence-corrected chi connectivity index (χ2v) is 6.16. The van der Waals surface area contributed by atoms with Gasteiger partial charge in [0.15, 0.2) is 0 Å². The van der Waals surface area contributed by atoms with Crippen molar-refractivity contribution in [2.24, 2.45) is 16.7 Å². The average Bonchev–Trinajstić information content (AvgIpc) is 2.53. The van der Waals surface area contributed by atoms with Crippen LogP contribution in [-0.2, 0) is 0 Å². The maximum absolute atomic E-state index is 3.49. The lowest BCUT2D eigenvalue weighted by atomic mass is 9.68. The Kier molecular flexibility index (Phi) is 2.46. The fourth-order valence-corrected chi connectivity index (χ4v) is 2.78. The van der Waals surface area contributed by atoms with Gasteiger partial charge in [-0.1, -0.05) is 32.9 Å². The molecule has 2 unspecified atom stereocenters. The SMILES string of the molecule is CC(C)(C)C1C=CC2(CCNC2)CC1. The lowest BCUT2D eigenvalue weighted by molar-refractivity contribution is 0.222. The van der Waals surface area contributed by atoms with Gasteiger partial charge in [-0.2, -0.15) is 0 Å². The van der Waals surface area contributed by atoms with Crippen LogP contribution < -0.4 is 5.32 Å². The molecule has 1 nitrogen and oxygen atoms in total. The topological polar surface area (TPSA) is 12.0 Å². The van der Waals surface area contributed by atoms with Gasteiger partial charge >= 0.3 is 0 Å². The zero-order chi connectivity index (χ0) is 10.2. The van der Waals surface area contributed by atoms with E-state index in [9.17, 15) is 0 Å². The minimum absolute atomic E-state index is 0.449. The summed E-state index contributed by atoms with van der Waals surface area (Å²) in [5.41, 5.74) is 0.978. The third-order valence-electron chi connectivity index (χ3n) is 4.02. The Morgan fingerprint density at radius 1 is 1.29 bits per heavy atom. The lowest BCUT2D eigenvalue weighted by Crippen LogP contribution is -2.29. The summed E-state index contributed by atoms with van der Waals surface area (Å²) in [7, 11) is 0. The normalized spacial score (nSPS) is 38.1. The molecule has 0 aromatic carbocycles. The number of hydrogen-bond donors (Lipinski definition) is 1. The number of nitrogens with one attached hydrogen (secondary N) is 1. The molecule has 2 atom stereocenters. The Morgan fingerprint density at radius 2 is 2.07 bits per heavy atom. The molecule has 0 saturated carbocycles. The van der Waals surface area contributed by atoms with Crippen molar-refractivity contribution >= 4 is 0 Å². The van der Waals surface area contributed by atoms with E-state index in [2.05, 4.69) is 38.2 Å². The first kappa shape index (κ1) is 10.2. The van der Waals surface area contributed by atoms with Crippen LogP contribution in [0.1, 0.15) is 40.0 Å². The maximum Gasteiger partial charge on any atom is 0.00430 e. The highest BCUT2D eigenvalue weighted by Crippen LogP contribution is 2.43. The Bertz CT molecular complexity index is 228. The van der Waals surface area contributed by atoms with Crippen LogP contribution in [0.15, 0.2) is 12.2 Å². The minimum Gasteiger partial charge on any atom is -0.316 e. The first-order chi connectivity index (χ1) is 6.52. The fraction of sp³-hybridized carbons (Fsp3) is 0.846. The van der Waals surface area contributed by atoms with Crippen molar-refractivity contribution in [2.45, 2.75) is 40.0 Å². The van der Waals surface area contributed by atoms with E-state index < -0.39 is 0 Å². The van der Waals surface area contributed by atoms with Crippen molar-refractivity contribution in [1.82, 2.24) is 5.32 Å². The highest BCUT2D eigenvalue weighted by atomic mass is 14.9. The van der Waals surface area contributed by atoms with Crippen molar-refractivity contribution in [1.29, 1.82) is 0 Å². The van der Waals surface area contributed by atoms with Crippen LogP contribution in [0.25, 0.3) is 0 Å². The molecule has 2 aliphatic rings. The molecule has 1 aliphatic heterocycles. The van der Waals surface area contributed by atoms with E-state index in [1.807, 2.05) is 0 Å². The number of hydrogen-bond acceptors (Lipinski definition) is 1. The maximum atomic E-state index is 3.49. The molecule has 2 rings (SSSR count). The first-order valence-corrected chi connectivity index (χ1v) is 5.92.